The molecule has 1 amide bonds. The molecule has 0 aliphatic carbocycles. The lowest BCUT2D eigenvalue weighted by Gasteiger charge is -2.26. The van der Waals surface area contributed by atoms with Crippen molar-refractivity contribution < 1.29 is 24.6 Å². The van der Waals surface area contributed by atoms with Gasteiger partial charge in [-0.05, 0) is 41.7 Å². The highest BCUT2D eigenvalue weighted by Gasteiger charge is 2.10. The maximum atomic E-state index is 11.0. The number of benzene rings is 2. The Balaban J connectivity index is 0.00000363. The summed E-state index contributed by atoms with van der Waals surface area (Å²) in [4.78, 5) is 13.3. The van der Waals surface area contributed by atoms with Gasteiger partial charge in [-0.3, -0.25) is 14.9 Å². The van der Waals surface area contributed by atoms with Gasteiger partial charge in [0, 0.05) is 26.1 Å². The SMILES string of the molecule is Cl.O=C(CCCC[C@@H](O)c1ccc(-c2ccc(OCCN3CCOCC3)cc2)cc1)NO. The van der Waals surface area contributed by atoms with E-state index in [1.54, 1.807) is 5.48 Å². The quantitative estimate of drug-likeness (QED) is 0.267. The Morgan fingerprint density at radius 3 is 2.28 bits per heavy atom. The van der Waals surface area contributed by atoms with E-state index >= 15 is 0 Å². The average Bonchev–Trinajstić information content (AvgIpc) is 2.83. The summed E-state index contributed by atoms with van der Waals surface area (Å²) >= 11 is 0. The van der Waals surface area contributed by atoms with Crippen LogP contribution >= 0.6 is 12.4 Å². The van der Waals surface area contributed by atoms with Crippen LogP contribution in [0.4, 0.5) is 0 Å². The van der Waals surface area contributed by atoms with Crippen LogP contribution in [0.3, 0.4) is 0 Å². The molecule has 1 heterocycles. The molecular formula is C24H33ClN2O5. The van der Waals surface area contributed by atoms with Crippen molar-refractivity contribution in [1.29, 1.82) is 0 Å². The zero-order valence-corrected chi connectivity index (χ0v) is 19.1. The highest BCUT2D eigenvalue weighted by atomic mass is 35.5. The molecule has 176 valence electrons. The highest BCUT2D eigenvalue weighted by Crippen LogP contribution is 2.26. The Labute approximate surface area is 195 Å². The number of amides is 1. The summed E-state index contributed by atoms with van der Waals surface area (Å²) in [7, 11) is 0. The van der Waals surface area contributed by atoms with Crippen LogP contribution in [0.15, 0.2) is 48.5 Å². The van der Waals surface area contributed by atoms with Crippen LogP contribution in [-0.2, 0) is 9.53 Å². The summed E-state index contributed by atoms with van der Waals surface area (Å²) in [6.07, 6.45) is 1.61. The number of aliphatic hydroxyl groups is 1. The van der Waals surface area contributed by atoms with Gasteiger partial charge in [-0.25, -0.2) is 5.48 Å². The number of rotatable bonds is 11. The summed E-state index contributed by atoms with van der Waals surface area (Å²) in [5, 5.41) is 18.8. The first-order valence-corrected chi connectivity index (χ1v) is 10.9. The standard InChI is InChI=1S/C24H32N2O5.ClH/c27-23(3-1-2-4-24(28)25-29)21-7-5-19(6-8-21)20-9-11-22(12-10-20)31-18-15-26-13-16-30-17-14-26;/h5-12,23,27,29H,1-4,13-18H2,(H,25,28);1H/t23-;/m1./s1. The van der Waals surface area contributed by atoms with Crippen molar-refractivity contribution in [1.82, 2.24) is 10.4 Å². The number of hydrogen-bond donors (Lipinski definition) is 3. The third-order valence-electron chi connectivity index (χ3n) is 5.52. The first kappa shape index (κ1) is 26.1. The van der Waals surface area contributed by atoms with E-state index in [1.807, 2.05) is 48.5 Å². The van der Waals surface area contributed by atoms with E-state index in [2.05, 4.69) is 4.90 Å². The molecule has 8 heteroatoms. The smallest absolute Gasteiger partial charge is 0.243 e. The molecule has 1 fully saturated rings. The molecule has 1 aliphatic heterocycles. The molecule has 2 aromatic carbocycles. The lowest BCUT2D eigenvalue weighted by molar-refractivity contribution is -0.129. The van der Waals surface area contributed by atoms with Crippen LogP contribution < -0.4 is 10.2 Å². The lowest BCUT2D eigenvalue weighted by Crippen LogP contribution is -2.38. The van der Waals surface area contributed by atoms with Crippen LogP contribution in [0, 0.1) is 0 Å². The largest absolute Gasteiger partial charge is 0.492 e. The Morgan fingerprint density at radius 2 is 1.66 bits per heavy atom. The molecule has 1 saturated heterocycles. The molecule has 2 aromatic rings. The van der Waals surface area contributed by atoms with E-state index in [0.29, 0.717) is 25.9 Å². The Morgan fingerprint density at radius 1 is 1.03 bits per heavy atom. The minimum Gasteiger partial charge on any atom is -0.492 e. The molecular weight excluding hydrogens is 432 g/mol. The van der Waals surface area contributed by atoms with Gasteiger partial charge in [0.25, 0.3) is 0 Å². The van der Waals surface area contributed by atoms with Crippen molar-refractivity contribution >= 4 is 18.3 Å². The zero-order chi connectivity index (χ0) is 21.9. The third kappa shape index (κ3) is 8.41. The maximum absolute atomic E-state index is 11.0. The molecule has 0 unspecified atom stereocenters. The van der Waals surface area contributed by atoms with Crippen LogP contribution in [0.2, 0.25) is 0 Å². The van der Waals surface area contributed by atoms with Crippen molar-refractivity contribution in [3.8, 4) is 16.9 Å². The highest BCUT2D eigenvalue weighted by molar-refractivity contribution is 5.85. The molecule has 1 aliphatic rings. The maximum Gasteiger partial charge on any atom is 0.243 e. The fraction of sp³-hybridized carbons (Fsp3) is 0.458. The van der Waals surface area contributed by atoms with Gasteiger partial charge in [-0.2, -0.15) is 0 Å². The number of morpholine rings is 1. The fourth-order valence-corrected chi connectivity index (χ4v) is 3.60. The number of hydroxylamine groups is 1. The molecule has 3 N–H and O–H groups in total. The number of carbonyl (C=O) groups is 1. The number of aliphatic hydroxyl groups excluding tert-OH is 1. The van der Waals surface area contributed by atoms with Crippen molar-refractivity contribution in [2.45, 2.75) is 31.8 Å². The molecule has 0 radical (unpaired) electrons. The summed E-state index contributed by atoms with van der Waals surface area (Å²) < 4.78 is 11.2. The number of carbonyl (C=O) groups excluding carboxylic acids is 1. The van der Waals surface area contributed by atoms with Gasteiger partial charge >= 0.3 is 0 Å². The normalized spacial score (nSPS) is 14.9. The third-order valence-corrected chi connectivity index (χ3v) is 5.52. The topological polar surface area (TPSA) is 91.3 Å². The predicted octanol–water partition coefficient (Wildman–Crippen LogP) is 3.59. The minimum atomic E-state index is -0.562. The van der Waals surface area contributed by atoms with Crippen LogP contribution in [-0.4, -0.2) is 60.6 Å². The summed E-state index contributed by atoms with van der Waals surface area (Å²) in [6.45, 7) is 5.10. The number of ether oxygens (including phenoxy) is 2. The van der Waals surface area contributed by atoms with Crippen molar-refractivity contribution in [3.05, 3.63) is 54.1 Å². The van der Waals surface area contributed by atoms with Crippen molar-refractivity contribution in [3.63, 3.8) is 0 Å². The van der Waals surface area contributed by atoms with E-state index in [-0.39, 0.29) is 18.8 Å². The Kier molecular flexibility index (Phi) is 11.5. The second kappa shape index (κ2) is 14.1. The molecule has 32 heavy (non-hydrogen) atoms. The first-order valence-electron chi connectivity index (χ1n) is 10.9. The van der Waals surface area contributed by atoms with Crippen LogP contribution in [0.25, 0.3) is 11.1 Å². The van der Waals surface area contributed by atoms with Crippen LogP contribution in [0.5, 0.6) is 5.75 Å². The summed E-state index contributed by atoms with van der Waals surface area (Å²) in [5.41, 5.74) is 4.65. The summed E-state index contributed by atoms with van der Waals surface area (Å²) in [5.74, 6) is 0.464. The number of nitrogens with one attached hydrogen (secondary N) is 1. The molecule has 1 atom stereocenters. The van der Waals surface area contributed by atoms with Crippen molar-refractivity contribution in [2.24, 2.45) is 0 Å². The Hall–Kier alpha value is -2.16. The average molecular weight is 465 g/mol. The molecule has 0 spiro atoms. The van der Waals surface area contributed by atoms with Gasteiger partial charge in [0.05, 0.1) is 19.3 Å². The molecule has 0 saturated carbocycles. The number of unbranched alkanes of at least 4 members (excludes halogenated alkanes) is 1. The lowest BCUT2D eigenvalue weighted by atomic mass is 9.99. The van der Waals surface area contributed by atoms with Crippen molar-refractivity contribution in [2.75, 3.05) is 39.5 Å². The number of hydrogen-bond acceptors (Lipinski definition) is 6. The monoisotopic (exact) mass is 464 g/mol. The van der Waals surface area contributed by atoms with Gasteiger partial charge in [0.1, 0.15) is 12.4 Å². The summed E-state index contributed by atoms with van der Waals surface area (Å²) in [6, 6.07) is 15.9. The van der Waals surface area contributed by atoms with E-state index in [1.165, 1.54) is 0 Å². The first-order chi connectivity index (χ1) is 15.2. The van der Waals surface area contributed by atoms with Gasteiger partial charge in [0.15, 0.2) is 0 Å². The zero-order valence-electron chi connectivity index (χ0n) is 18.2. The number of halogens is 1. The Bertz CT molecular complexity index is 795. The molecule has 7 nitrogen and oxygen atoms in total. The second-order valence-corrected chi connectivity index (χ2v) is 7.75. The van der Waals surface area contributed by atoms with Gasteiger partial charge < -0.3 is 14.6 Å². The second-order valence-electron chi connectivity index (χ2n) is 7.75. The van der Waals surface area contributed by atoms with E-state index < -0.39 is 12.0 Å². The van der Waals surface area contributed by atoms with E-state index in [9.17, 15) is 9.90 Å². The molecule has 3 rings (SSSR count). The number of nitrogens with zero attached hydrogens (tertiary/aromatic N) is 1. The van der Waals surface area contributed by atoms with Gasteiger partial charge in [0.2, 0.25) is 5.91 Å². The van der Waals surface area contributed by atoms with E-state index in [4.69, 9.17) is 14.7 Å². The van der Waals surface area contributed by atoms with Gasteiger partial charge in [-0.1, -0.05) is 42.8 Å². The minimum absolute atomic E-state index is 0. The predicted molar refractivity (Wildman–Crippen MR) is 125 cm³/mol. The van der Waals surface area contributed by atoms with Crippen LogP contribution in [0.1, 0.15) is 37.4 Å². The van der Waals surface area contributed by atoms with E-state index in [0.717, 1.165) is 55.3 Å². The molecule has 0 bridgehead atoms. The molecule has 0 aromatic heterocycles. The van der Waals surface area contributed by atoms with Gasteiger partial charge in [-0.15, -0.1) is 12.4 Å². The fourth-order valence-electron chi connectivity index (χ4n) is 3.60.